The summed E-state index contributed by atoms with van der Waals surface area (Å²) in [5, 5.41) is 6.05. The lowest BCUT2D eigenvalue weighted by molar-refractivity contribution is -0.140. The second-order valence-electron chi connectivity index (χ2n) is 4.86. The van der Waals surface area contributed by atoms with Crippen LogP contribution in [0, 0.1) is 0 Å². The molecule has 2 N–H and O–H groups in total. The predicted octanol–water partition coefficient (Wildman–Crippen LogP) is 2.81. The molecule has 1 aliphatic heterocycles. The van der Waals surface area contributed by atoms with E-state index in [1.54, 1.807) is 25.1 Å². The molecule has 1 atom stereocenters. The molecule has 1 aromatic carbocycles. The molecule has 0 spiro atoms. The van der Waals surface area contributed by atoms with Gasteiger partial charge in [-0.1, -0.05) is 29.3 Å². The number of amides is 2. The van der Waals surface area contributed by atoms with E-state index in [0.29, 0.717) is 21.3 Å². The number of benzene rings is 1. The zero-order valence-corrected chi connectivity index (χ0v) is 14.1. The van der Waals surface area contributed by atoms with E-state index >= 15 is 0 Å². The minimum absolute atomic E-state index is 0.112. The smallest absolute Gasteiger partial charge is 0.338 e. The summed E-state index contributed by atoms with van der Waals surface area (Å²) in [6.07, 6.45) is 0. The lowest BCUT2D eigenvalue weighted by atomic mass is 9.95. The minimum Gasteiger partial charge on any atom is -0.460 e. The first kappa shape index (κ1) is 17.6. The van der Waals surface area contributed by atoms with E-state index in [0.717, 1.165) is 0 Å². The van der Waals surface area contributed by atoms with Crippen LogP contribution in [0.2, 0.25) is 10.0 Å². The number of rotatable bonds is 5. The second-order valence-corrected chi connectivity index (χ2v) is 5.71. The summed E-state index contributed by atoms with van der Waals surface area (Å²) >= 11 is 12.1. The fraction of sp³-hybridized carbons (Fsp3) is 0.333. The molecular weight excluding hydrogens is 343 g/mol. The van der Waals surface area contributed by atoms with Gasteiger partial charge in [-0.2, -0.15) is 0 Å². The molecule has 2 amide bonds. The first-order chi connectivity index (χ1) is 10.9. The number of carbonyl (C=O) groups excluding carboxylic acids is 2. The van der Waals surface area contributed by atoms with Crippen molar-refractivity contribution in [1.82, 2.24) is 10.6 Å². The average Bonchev–Trinajstić information content (AvgIpc) is 2.46. The molecule has 6 nitrogen and oxygen atoms in total. The van der Waals surface area contributed by atoms with Gasteiger partial charge in [-0.3, -0.25) is 0 Å². The molecule has 0 saturated carbocycles. The molecule has 2 rings (SSSR count). The van der Waals surface area contributed by atoms with Crippen molar-refractivity contribution in [3.8, 4) is 0 Å². The predicted molar refractivity (Wildman–Crippen MR) is 86.4 cm³/mol. The second kappa shape index (κ2) is 7.68. The Morgan fingerprint density at radius 3 is 2.70 bits per heavy atom. The van der Waals surface area contributed by atoms with Crippen LogP contribution in [-0.4, -0.2) is 32.3 Å². The van der Waals surface area contributed by atoms with Crippen LogP contribution in [0.3, 0.4) is 0 Å². The van der Waals surface area contributed by atoms with Crippen LogP contribution in [0.5, 0.6) is 0 Å². The number of urea groups is 1. The topological polar surface area (TPSA) is 76.7 Å². The monoisotopic (exact) mass is 358 g/mol. The molecule has 124 valence electrons. The Hall–Kier alpha value is -1.76. The molecule has 0 saturated heterocycles. The molecule has 1 aliphatic rings. The standard InChI is InChI=1S/C15H16Cl2N2O4/c1-8-12(14(20)23-6-5-22-2)13(19-15(21)18-8)10-4-3-9(16)7-11(10)17/h3-4,7,13H,5-6H2,1-2H3,(H2,18,19,21)/t13-/m0/s1. The van der Waals surface area contributed by atoms with Crippen molar-refractivity contribution in [2.75, 3.05) is 20.3 Å². The summed E-state index contributed by atoms with van der Waals surface area (Å²) in [6, 6.07) is 3.71. The largest absolute Gasteiger partial charge is 0.460 e. The van der Waals surface area contributed by atoms with Crippen LogP contribution < -0.4 is 10.6 Å². The van der Waals surface area contributed by atoms with Crippen molar-refractivity contribution in [1.29, 1.82) is 0 Å². The van der Waals surface area contributed by atoms with Crippen molar-refractivity contribution in [3.63, 3.8) is 0 Å². The molecule has 0 aliphatic carbocycles. The zero-order valence-electron chi connectivity index (χ0n) is 12.6. The van der Waals surface area contributed by atoms with Gasteiger partial charge in [-0.15, -0.1) is 0 Å². The lowest BCUT2D eigenvalue weighted by Gasteiger charge is -2.28. The Bertz CT molecular complexity index is 661. The lowest BCUT2D eigenvalue weighted by Crippen LogP contribution is -2.45. The van der Waals surface area contributed by atoms with E-state index < -0.39 is 18.0 Å². The number of esters is 1. The van der Waals surface area contributed by atoms with Gasteiger partial charge in [-0.25, -0.2) is 9.59 Å². The Morgan fingerprint density at radius 2 is 2.04 bits per heavy atom. The fourth-order valence-electron chi connectivity index (χ4n) is 2.23. The van der Waals surface area contributed by atoms with E-state index in [4.69, 9.17) is 32.7 Å². The van der Waals surface area contributed by atoms with Crippen molar-refractivity contribution in [2.24, 2.45) is 0 Å². The van der Waals surface area contributed by atoms with Gasteiger partial charge in [0, 0.05) is 22.9 Å². The van der Waals surface area contributed by atoms with Gasteiger partial charge in [0.1, 0.15) is 6.61 Å². The van der Waals surface area contributed by atoms with Gasteiger partial charge >= 0.3 is 12.0 Å². The van der Waals surface area contributed by atoms with E-state index in [2.05, 4.69) is 10.6 Å². The van der Waals surface area contributed by atoms with Gasteiger partial charge in [0.15, 0.2) is 0 Å². The highest BCUT2D eigenvalue weighted by Gasteiger charge is 2.33. The molecule has 0 bridgehead atoms. The molecule has 0 fully saturated rings. The summed E-state index contributed by atoms with van der Waals surface area (Å²) in [6.45, 7) is 2.02. The Kier molecular flexibility index (Phi) is 5.87. The average molecular weight is 359 g/mol. The summed E-state index contributed by atoms with van der Waals surface area (Å²) in [7, 11) is 1.51. The summed E-state index contributed by atoms with van der Waals surface area (Å²) in [5.74, 6) is -0.553. The van der Waals surface area contributed by atoms with Gasteiger partial charge in [0.2, 0.25) is 0 Å². The minimum atomic E-state index is -0.719. The van der Waals surface area contributed by atoms with Crippen LogP contribution in [0.25, 0.3) is 0 Å². The van der Waals surface area contributed by atoms with Crippen molar-refractivity contribution < 1.29 is 19.1 Å². The third kappa shape index (κ3) is 4.16. The highest BCUT2D eigenvalue weighted by molar-refractivity contribution is 6.35. The number of ether oxygens (including phenoxy) is 2. The molecule has 1 aromatic rings. The number of halogens is 2. The van der Waals surface area contributed by atoms with E-state index in [1.165, 1.54) is 7.11 Å². The highest BCUT2D eigenvalue weighted by Crippen LogP contribution is 2.33. The van der Waals surface area contributed by atoms with Gasteiger partial charge in [0.25, 0.3) is 0 Å². The Labute approximate surface area is 143 Å². The highest BCUT2D eigenvalue weighted by atomic mass is 35.5. The third-order valence-electron chi connectivity index (χ3n) is 3.28. The zero-order chi connectivity index (χ0) is 17.0. The Morgan fingerprint density at radius 1 is 1.30 bits per heavy atom. The normalized spacial score (nSPS) is 17.6. The summed E-state index contributed by atoms with van der Waals surface area (Å²) < 4.78 is 10.0. The summed E-state index contributed by atoms with van der Waals surface area (Å²) in [5.41, 5.74) is 1.25. The van der Waals surface area contributed by atoms with Gasteiger partial charge < -0.3 is 20.1 Å². The van der Waals surface area contributed by atoms with Crippen molar-refractivity contribution in [2.45, 2.75) is 13.0 Å². The number of methoxy groups -OCH3 is 1. The molecule has 8 heteroatoms. The molecule has 0 unspecified atom stereocenters. The maximum Gasteiger partial charge on any atom is 0.338 e. The van der Waals surface area contributed by atoms with Crippen LogP contribution in [0.4, 0.5) is 4.79 Å². The molecule has 0 aromatic heterocycles. The quantitative estimate of drug-likeness (QED) is 0.626. The van der Waals surface area contributed by atoms with E-state index in [1.807, 2.05) is 0 Å². The summed E-state index contributed by atoms with van der Waals surface area (Å²) in [4.78, 5) is 24.1. The maximum absolute atomic E-state index is 12.4. The van der Waals surface area contributed by atoms with E-state index in [-0.39, 0.29) is 18.8 Å². The molecule has 1 heterocycles. The molecular formula is C15H16Cl2N2O4. The number of carbonyl (C=O) groups is 2. The van der Waals surface area contributed by atoms with Crippen molar-refractivity contribution >= 4 is 35.2 Å². The number of nitrogens with one attached hydrogen (secondary N) is 2. The number of hydrogen-bond acceptors (Lipinski definition) is 4. The van der Waals surface area contributed by atoms with Crippen molar-refractivity contribution in [3.05, 3.63) is 45.1 Å². The SMILES string of the molecule is COCCOC(=O)C1=C(C)NC(=O)N[C@H]1c1ccc(Cl)cc1Cl. The fourth-order valence-corrected chi connectivity index (χ4v) is 2.75. The van der Waals surface area contributed by atoms with Gasteiger partial charge in [-0.05, 0) is 24.6 Å². The Balaban J connectivity index is 2.36. The van der Waals surface area contributed by atoms with Crippen LogP contribution >= 0.6 is 23.2 Å². The van der Waals surface area contributed by atoms with Gasteiger partial charge in [0.05, 0.1) is 18.2 Å². The van der Waals surface area contributed by atoms with Crippen LogP contribution in [0.15, 0.2) is 29.5 Å². The van der Waals surface area contributed by atoms with Crippen LogP contribution in [-0.2, 0) is 14.3 Å². The first-order valence-corrected chi connectivity index (χ1v) is 7.59. The maximum atomic E-state index is 12.4. The number of hydrogen-bond donors (Lipinski definition) is 2. The van der Waals surface area contributed by atoms with Crippen LogP contribution in [0.1, 0.15) is 18.5 Å². The molecule has 0 radical (unpaired) electrons. The number of allylic oxidation sites excluding steroid dienone is 1. The third-order valence-corrected chi connectivity index (χ3v) is 3.85. The molecule has 23 heavy (non-hydrogen) atoms. The van der Waals surface area contributed by atoms with E-state index in [9.17, 15) is 9.59 Å². The first-order valence-electron chi connectivity index (χ1n) is 6.83.